The van der Waals surface area contributed by atoms with Gasteiger partial charge in [-0.2, -0.15) is 5.21 Å². The molecule has 1 N–H and O–H groups in total. The molecule has 0 bridgehead atoms. The monoisotopic (exact) mass is 345 g/mol. The average molecular weight is 345 g/mol. The Bertz CT molecular complexity index is 1170. The highest BCUT2D eigenvalue weighted by Crippen LogP contribution is 2.37. The van der Waals surface area contributed by atoms with Crippen LogP contribution in [0.3, 0.4) is 0 Å². The lowest BCUT2D eigenvalue weighted by molar-refractivity contribution is 0.471. The van der Waals surface area contributed by atoms with Crippen LogP contribution in [0.2, 0.25) is 0 Å². The zero-order chi connectivity index (χ0) is 16.6. The van der Waals surface area contributed by atoms with Crippen LogP contribution in [0, 0.1) is 0 Å². The van der Waals surface area contributed by atoms with Crippen molar-refractivity contribution >= 4 is 32.3 Å². The Kier molecular flexibility index (Phi) is 3.17. The topological polar surface area (TPSA) is 76.6 Å². The Morgan fingerprint density at radius 2 is 1.88 bits per heavy atom. The quantitative estimate of drug-likeness (QED) is 0.524. The number of hydrogen-bond acceptors (Lipinski definition) is 6. The van der Waals surface area contributed by atoms with E-state index < -0.39 is 0 Å². The van der Waals surface area contributed by atoms with Crippen LogP contribution in [0.25, 0.3) is 32.4 Å². The normalized spacial score (nSPS) is 11.2. The Balaban J connectivity index is 1.71. The zero-order valence-corrected chi connectivity index (χ0v) is 13.7. The van der Waals surface area contributed by atoms with Crippen molar-refractivity contribution in [1.82, 2.24) is 25.6 Å². The lowest BCUT2D eigenvalue weighted by Crippen LogP contribution is -1.91. The summed E-state index contributed by atoms with van der Waals surface area (Å²) in [5, 5.41) is 18.3. The molecular formula is C18H11N5OS. The number of hydrogen-bond donors (Lipinski definition) is 1. The van der Waals surface area contributed by atoms with E-state index in [2.05, 4.69) is 26.0 Å². The fourth-order valence-corrected chi connectivity index (χ4v) is 3.70. The van der Waals surface area contributed by atoms with E-state index in [1.165, 1.54) is 0 Å². The molecule has 3 heterocycles. The summed E-state index contributed by atoms with van der Waals surface area (Å²) in [5.41, 5.74) is 1.69. The van der Waals surface area contributed by atoms with Crippen molar-refractivity contribution in [1.29, 1.82) is 0 Å². The van der Waals surface area contributed by atoms with Gasteiger partial charge in [-0.3, -0.25) is 0 Å². The minimum Gasteiger partial charge on any atom is -0.438 e. The molecule has 5 rings (SSSR count). The van der Waals surface area contributed by atoms with Gasteiger partial charge in [0, 0.05) is 15.6 Å². The second kappa shape index (κ2) is 5.64. The van der Waals surface area contributed by atoms with E-state index in [4.69, 9.17) is 9.72 Å². The van der Waals surface area contributed by atoms with Crippen molar-refractivity contribution in [2.75, 3.05) is 0 Å². The Morgan fingerprint density at radius 3 is 2.72 bits per heavy atom. The highest BCUT2D eigenvalue weighted by molar-refractivity contribution is 7.18. The van der Waals surface area contributed by atoms with Crippen LogP contribution in [0.4, 0.5) is 0 Å². The molecular weight excluding hydrogens is 334 g/mol. The largest absolute Gasteiger partial charge is 0.438 e. The first-order chi connectivity index (χ1) is 12.4. The van der Waals surface area contributed by atoms with E-state index in [1.54, 1.807) is 11.3 Å². The molecule has 0 fully saturated rings. The standard InChI is InChI=1S/C18H11N5OS/c1-2-4-12(5-3-1)24-18-14-8-9-25-16(14)13-7-6-11(10-15(13)19-18)17-20-22-23-21-17/h1-10H,(H,20,21,22,23). The van der Waals surface area contributed by atoms with Gasteiger partial charge in [-0.15, -0.1) is 21.5 Å². The molecule has 0 aliphatic rings. The Morgan fingerprint density at radius 1 is 0.960 bits per heavy atom. The molecule has 0 aliphatic heterocycles. The molecule has 2 aromatic carbocycles. The van der Waals surface area contributed by atoms with Crippen LogP contribution < -0.4 is 4.74 Å². The van der Waals surface area contributed by atoms with Crippen molar-refractivity contribution in [3.8, 4) is 23.0 Å². The number of H-pyrrole nitrogens is 1. The summed E-state index contributed by atoms with van der Waals surface area (Å²) in [6.07, 6.45) is 0. The summed E-state index contributed by atoms with van der Waals surface area (Å²) < 4.78 is 7.18. The number of thiophene rings is 1. The van der Waals surface area contributed by atoms with Crippen LogP contribution in [0.15, 0.2) is 60.0 Å². The second-order valence-electron chi connectivity index (χ2n) is 5.46. The van der Waals surface area contributed by atoms with E-state index in [0.29, 0.717) is 11.7 Å². The number of tetrazole rings is 1. The summed E-state index contributed by atoms with van der Waals surface area (Å²) in [6.45, 7) is 0. The van der Waals surface area contributed by atoms with E-state index >= 15 is 0 Å². The number of ether oxygens (including phenoxy) is 1. The van der Waals surface area contributed by atoms with E-state index in [0.717, 1.165) is 32.3 Å². The number of para-hydroxylation sites is 1. The van der Waals surface area contributed by atoms with Gasteiger partial charge in [-0.1, -0.05) is 30.3 Å². The van der Waals surface area contributed by atoms with Crippen LogP contribution in [0.1, 0.15) is 0 Å². The number of nitrogens with one attached hydrogen (secondary N) is 1. The summed E-state index contributed by atoms with van der Waals surface area (Å²) in [7, 11) is 0. The zero-order valence-electron chi connectivity index (χ0n) is 12.9. The molecule has 3 aromatic heterocycles. The molecule has 7 heteroatoms. The summed E-state index contributed by atoms with van der Waals surface area (Å²) in [4.78, 5) is 4.74. The lowest BCUT2D eigenvalue weighted by Gasteiger charge is -2.08. The third kappa shape index (κ3) is 2.41. The lowest BCUT2D eigenvalue weighted by atomic mass is 10.1. The molecule has 0 amide bonds. The molecule has 0 saturated carbocycles. The average Bonchev–Trinajstić information content (AvgIpc) is 3.34. The third-order valence-corrected chi connectivity index (χ3v) is 4.87. The minimum absolute atomic E-state index is 0.542. The predicted molar refractivity (Wildman–Crippen MR) is 96.8 cm³/mol. The van der Waals surface area contributed by atoms with Gasteiger partial charge in [0.05, 0.1) is 10.9 Å². The predicted octanol–water partition coefficient (Wildman–Crippen LogP) is 4.42. The van der Waals surface area contributed by atoms with Gasteiger partial charge in [-0.05, 0) is 34.9 Å². The molecule has 0 spiro atoms. The maximum Gasteiger partial charge on any atom is 0.228 e. The Labute approximate surface area is 146 Å². The van der Waals surface area contributed by atoms with E-state index in [9.17, 15) is 0 Å². The summed E-state index contributed by atoms with van der Waals surface area (Å²) in [6, 6.07) is 17.7. The van der Waals surface area contributed by atoms with Crippen molar-refractivity contribution in [3.63, 3.8) is 0 Å². The number of benzene rings is 2. The molecule has 0 unspecified atom stereocenters. The molecule has 0 aliphatic carbocycles. The van der Waals surface area contributed by atoms with Gasteiger partial charge in [0.25, 0.3) is 0 Å². The van der Waals surface area contributed by atoms with E-state index in [-0.39, 0.29) is 0 Å². The van der Waals surface area contributed by atoms with Crippen LogP contribution in [-0.2, 0) is 0 Å². The van der Waals surface area contributed by atoms with Crippen molar-refractivity contribution in [2.45, 2.75) is 0 Å². The van der Waals surface area contributed by atoms with Gasteiger partial charge in [0.15, 0.2) is 0 Å². The van der Waals surface area contributed by atoms with Gasteiger partial charge in [0.2, 0.25) is 11.7 Å². The van der Waals surface area contributed by atoms with Crippen LogP contribution >= 0.6 is 11.3 Å². The number of fused-ring (bicyclic) bond motifs is 3. The molecule has 0 radical (unpaired) electrons. The number of pyridine rings is 1. The van der Waals surface area contributed by atoms with Gasteiger partial charge in [0.1, 0.15) is 5.75 Å². The third-order valence-electron chi connectivity index (χ3n) is 3.92. The van der Waals surface area contributed by atoms with Gasteiger partial charge < -0.3 is 4.74 Å². The fraction of sp³-hybridized carbons (Fsp3) is 0. The maximum atomic E-state index is 6.03. The molecule has 0 saturated heterocycles. The molecule has 25 heavy (non-hydrogen) atoms. The molecule has 6 nitrogen and oxygen atoms in total. The molecule has 120 valence electrons. The fourth-order valence-electron chi connectivity index (χ4n) is 2.77. The van der Waals surface area contributed by atoms with Crippen molar-refractivity contribution in [2.24, 2.45) is 0 Å². The number of rotatable bonds is 3. The SMILES string of the molecule is c1ccc(Oc2nc3cc(-c4nn[nH]n4)ccc3c3sccc23)cc1. The van der Waals surface area contributed by atoms with Crippen LogP contribution in [-0.4, -0.2) is 25.6 Å². The molecule has 5 aromatic rings. The first-order valence-electron chi connectivity index (χ1n) is 7.66. The summed E-state index contributed by atoms with van der Waals surface area (Å²) >= 11 is 1.68. The summed E-state index contributed by atoms with van der Waals surface area (Å²) in [5.74, 6) is 1.90. The van der Waals surface area contributed by atoms with Crippen LogP contribution in [0.5, 0.6) is 11.6 Å². The highest BCUT2D eigenvalue weighted by atomic mass is 32.1. The van der Waals surface area contributed by atoms with Crippen molar-refractivity contribution < 1.29 is 4.74 Å². The smallest absolute Gasteiger partial charge is 0.228 e. The first kappa shape index (κ1) is 14.1. The maximum absolute atomic E-state index is 6.03. The number of aromatic nitrogens is 5. The minimum atomic E-state index is 0.542. The first-order valence-corrected chi connectivity index (χ1v) is 8.54. The number of aromatic amines is 1. The highest BCUT2D eigenvalue weighted by Gasteiger charge is 2.13. The second-order valence-corrected chi connectivity index (χ2v) is 6.38. The van der Waals surface area contributed by atoms with Crippen molar-refractivity contribution in [3.05, 3.63) is 60.0 Å². The Hall–Kier alpha value is -3.32. The number of nitrogens with zero attached hydrogens (tertiary/aromatic N) is 4. The molecule has 0 atom stereocenters. The van der Waals surface area contributed by atoms with E-state index in [1.807, 2.05) is 54.6 Å². The van der Waals surface area contributed by atoms with Gasteiger partial charge in [-0.25, -0.2) is 4.98 Å². The van der Waals surface area contributed by atoms with Gasteiger partial charge >= 0.3 is 0 Å².